The molecule has 0 saturated heterocycles. The average Bonchev–Trinajstić information content (AvgIpc) is 3.01. The van der Waals surface area contributed by atoms with Gasteiger partial charge in [-0.2, -0.15) is 0 Å². The monoisotopic (exact) mass is 341 g/mol. The highest BCUT2D eigenvalue weighted by Gasteiger charge is 2.25. The first-order valence-electron chi connectivity index (χ1n) is 7.04. The predicted molar refractivity (Wildman–Crippen MR) is 79.7 cm³/mol. The zero-order valence-corrected chi connectivity index (χ0v) is 12.7. The molecule has 0 saturated carbocycles. The summed E-state index contributed by atoms with van der Waals surface area (Å²) < 4.78 is 0. The number of carbonyl (C=O) groups excluding carboxylic acids is 2. The molecule has 0 spiro atoms. The molecule has 0 radical (unpaired) electrons. The molecule has 7 N–H and O–H groups in total. The molecule has 11 nitrogen and oxygen atoms in total. The fourth-order valence-corrected chi connectivity index (χ4v) is 1.83. The van der Waals surface area contributed by atoms with Crippen molar-refractivity contribution in [1.82, 2.24) is 20.6 Å². The zero-order valence-electron chi connectivity index (χ0n) is 12.7. The molecule has 0 fully saturated rings. The van der Waals surface area contributed by atoms with Crippen molar-refractivity contribution in [2.24, 2.45) is 5.73 Å². The lowest BCUT2D eigenvalue weighted by atomic mass is 10.1. The van der Waals surface area contributed by atoms with Gasteiger partial charge in [-0.3, -0.25) is 19.2 Å². The Labute approximate surface area is 136 Å². The number of amides is 2. The van der Waals surface area contributed by atoms with E-state index in [-0.39, 0.29) is 19.3 Å². The van der Waals surface area contributed by atoms with E-state index in [1.807, 2.05) is 0 Å². The lowest BCUT2D eigenvalue weighted by Crippen LogP contribution is -2.52. The molecule has 0 bridgehead atoms. The fourth-order valence-electron chi connectivity index (χ4n) is 1.83. The molecule has 1 aromatic rings. The Bertz CT molecular complexity index is 588. The molecule has 0 aliphatic heterocycles. The Morgan fingerprint density at radius 3 is 2.46 bits per heavy atom. The molecule has 132 valence electrons. The second-order valence-corrected chi connectivity index (χ2v) is 4.99. The van der Waals surface area contributed by atoms with E-state index in [0.717, 1.165) is 0 Å². The van der Waals surface area contributed by atoms with Gasteiger partial charge in [-0.1, -0.05) is 0 Å². The lowest BCUT2D eigenvalue weighted by molar-refractivity contribution is -0.140. The Kier molecular flexibility index (Phi) is 7.36. The van der Waals surface area contributed by atoms with Gasteiger partial charge >= 0.3 is 11.9 Å². The summed E-state index contributed by atoms with van der Waals surface area (Å²) in [7, 11) is 0. The fraction of sp³-hybridized carbons (Fsp3) is 0.462. The van der Waals surface area contributed by atoms with Gasteiger partial charge in [-0.25, -0.2) is 4.98 Å². The molecule has 0 unspecified atom stereocenters. The zero-order chi connectivity index (χ0) is 18.1. The van der Waals surface area contributed by atoms with E-state index in [9.17, 15) is 19.2 Å². The number of rotatable bonds is 10. The van der Waals surface area contributed by atoms with Crippen molar-refractivity contribution in [2.75, 3.05) is 6.54 Å². The van der Waals surface area contributed by atoms with E-state index < -0.39 is 42.4 Å². The van der Waals surface area contributed by atoms with Crippen LogP contribution < -0.4 is 16.4 Å². The number of hydrogen-bond acceptors (Lipinski definition) is 6. The second-order valence-electron chi connectivity index (χ2n) is 4.99. The first-order valence-corrected chi connectivity index (χ1v) is 7.04. The number of aromatic amines is 1. The van der Waals surface area contributed by atoms with E-state index in [1.54, 1.807) is 0 Å². The summed E-state index contributed by atoms with van der Waals surface area (Å²) in [6.45, 7) is -0.640. The van der Waals surface area contributed by atoms with Crippen molar-refractivity contribution < 1.29 is 29.4 Å². The molecule has 2 amide bonds. The SMILES string of the molecule is N[C@@H](Cc1cnc[nH]1)C(=O)N[C@@H](CCC(=O)O)C(=O)NCC(=O)O. The highest BCUT2D eigenvalue weighted by Crippen LogP contribution is 2.01. The van der Waals surface area contributed by atoms with Crippen LogP contribution in [-0.2, 0) is 25.6 Å². The third-order valence-electron chi connectivity index (χ3n) is 3.03. The van der Waals surface area contributed by atoms with Crippen molar-refractivity contribution in [1.29, 1.82) is 0 Å². The average molecular weight is 341 g/mol. The lowest BCUT2D eigenvalue weighted by Gasteiger charge is -2.19. The van der Waals surface area contributed by atoms with Gasteiger partial charge in [-0.05, 0) is 6.42 Å². The summed E-state index contributed by atoms with van der Waals surface area (Å²) in [5, 5.41) is 21.7. The van der Waals surface area contributed by atoms with Crippen LogP contribution in [0.25, 0.3) is 0 Å². The van der Waals surface area contributed by atoms with Gasteiger partial charge in [0.25, 0.3) is 0 Å². The normalized spacial score (nSPS) is 12.9. The van der Waals surface area contributed by atoms with Crippen molar-refractivity contribution in [3.8, 4) is 0 Å². The van der Waals surface area contributed by atoms with E-state index in [1.165, 1.54) is 12.5 Å². The van der Waals surface area contributed by atoms with Crippen LogP contribution in [0.1, 0.15) is 18.5 Å². The Morgan fingerprint density at radius 1 is 1.21 bits per heavy atom. The van der Waals surface area contributed by atoms with Gasteiger partial charge in [0.15, 0.2) is 0 Å². The number of aliphatic carboxylic acids is 2. The smallest absolute Gasteiger partial charge is 0.322 e. The maximum absolute atomic E-state index is 12.1. The first kappa shape index (κ1) is 19.1. The van der Waals surface area contributed by atoms with Crippen LogP contribution >= 0.6 is 0 Å². The van der Waals surface area contributed by atoms with Crippen LogP contribution in [0.15, 0.2) is 12.5 Å². The van der Waals surface area contributed by atoms with Gasteiger partial charge < -0.3 is 31.6 Å². The van der Waals surface area contributed by atoms with Crippen molar-refractivity contribution in [3.05, 3.63) is 18.2 Å². The molecule has 0 aromatic carbocycles. The molecule has 2 atom stereocenters. The van der Waals surface area contributed by atoms with Crippen LogP contribution in [0.5, 0.6) is 0 Å². The minimum atomic E-state index is -1.26. The van der Waals surface area contributed by atoms with Crippen LogP contribution in [-0.4, -0.2) is 62.6 Å². The van der Waals surface area contributed by atoms with Crippen LogP contribution in [0.2, 0.25) is 0 Å². The number of nitrogens with one attached hydrogen (secondary N) is 3. The number of imidazole rings is 1. The van der Waals surface area contributed by atoms with Crippen LogP contribution in [0, 0.1) is 0 Å². The minimum absolute atomic E-state index is 0.147. The summed E-state index contributed by atoms with van der Waals surface area (Å²) in [6, 6.07) is -2.18. The van der Waals surface area contributed by atoms with Crippen LogP contribution in [0.3, 0.4) is 0 Å². The topological polar surface area (TPSA) is 188 Å². The number of carbonyl (C=O) groups is 4. The quantitative estimate of drug-likeness (QED) is 0.277. The molecule has 24 heavy (non-hydrogen) atoms. The summed E-state index contributed by atoms with van der Waals surface area (Å²) in [5.74, 6) is -3.86. The Hall–Kier alpha value is -2.95. The van der Waals surface area contributed by atoms with Gasteiger partial charge in [0, 0.05) is 24.7 Å². The highest BCUT2D eigenvalue weighted by atomic mass is 16.4. The maximum atomic E-state index is 12.1. The molecule has 1 aromatic heterocycles. The number of nitrogens with zero attached hydrogens (tertiary/aromatic N) is 1. The number of carboxylic acid groups (broad SMARTS) is 2. The van der Waals surface area contributed by atoms with Crippen molar-refractivity contribution in [2.45, 2.75) is 31.3 Å². The third-order valence-corrected chi connectivity index (χ3v) is 3.03. The van der Waals surface area contributed by atoms with Gasteiger partial charge in [0.2, 0.25) is 11.8 Å². The minimum Gasteiger partial charge on any atom is -0.481 e. The first-order chi connectivity index (χ1) is 11.3. The van der Waals surface area contributed by atoms with Gasteiger partial charge in [-0.15, -0.1) is 0 Å². The number of aromatic nitrogens is 2. The van der Waals surface area contributed by atoms with E-state index in [0.29, 0.717) is 5.69 Å². The highest BCUT2D eigenvalue weighted by molar-refractivity contribution is 5.91. The summed E-state index contributed by atoms with van der Waals surface area (Å²) in [4.78, 5) is 51.6. The third kappa shape index (κ3) is 6.87. The summed E-state index contributed by atoms with van der Waals surface area (Å²) >= 11 is 0. The number of nitrogens with two attached hydrogens (primary N) is 1. The number of carboxylic acids is 2. The second kappa shape index (κ2) is 9.25. The molecule has 1 rings (SSSR count). The summed E-state index contributed by atoms with van der Waals surface area (Å²) in [5.41, 5.74) is 6.35. The molecule has 1 heterocycles. The van der Waals surface area contributed by atoms with Crippen molar-refractivity contribution >= 4 is 23.8 Å². The van der Waals surface area contributed by atoms with Crippen LogP contribution in [0.4, 0.5) is 0 Å². The largest absolute Gasteiger partial charge is 0.481 e. The van der Waals surface area contributed by atoms with Gasteiger partial charge in [0.1, 0.15) is 12.6 Å². The number of hydrogen-bond donors (Lipinski definition) is 6. The molecule has 0 aliphatic rings. The van der Waals surface area contributed by atoms with E-state index in [4.69, 9.17) is 15.9 Å². The Morgan fingerprint density at radius 2 is 1.92 bits per heavy atom. The molecular formula is C13H19N5O6. The van der Waals surface area contributed by atoms with E-state index in [2.05, 4.69) is 20.6 Å². The Balaban J connectivity index is 2.63. The predicted octanol–water partition coefficient (Wildman–Crippen LogP) is -2.17. The summed E-state index contributed by atoms with van der Waals surface area (Å²) in [6.07, 6.45) is 2.50. The molecule has 11 heteroatoms. The molecule has 0 aliphatic carbocycles. The number of H-pyrrole nitrogens is 1. The standard InChI is InChI=1S/C13H19N5O6/c14-8(3-7-4-15-6-17-7)12(23)18-9(1-2-10(19)20)13(24)16-5-11(21)22/h4,6,8-9H,1-3,5,14H2,(H,15,17)(H,16,24)(H,18,23)(H,19,20)(H,21,22)/t8-,9-/m0/s1. The molecular weight excluding hydrogens is 322 g/mol. The maximum Gasteiger partial charge on any atom is 0.322 e. The van der Waals surface area contributed by atoms with Gasteiger partial charge in [0.05, 0.1) is 12.4 Å². The van der Waals surface area contributed by atoms with Crippen molar-refractivity contribution in [3.63, 3.8) is 0 Å². The van der Waals surface area contributed by atoms with E-state index >= 15 is 0 Å².